The Morgan fingerprint density at radius 1 is 1.59 bits per heavy atom. The van der Waals surface area contributed by atoms with Crippen LogP contribution in [0.2, 0.25) is 0 Å². The Labute approximate surface area is 102 Å². The maximum Gasteiger partial charge on any atom is 0.437 e. The lowest BCUT2D eigenvalue weighted by Crippen LogP contribution is -2.17. The molecule has 2 rings (SSSR count). The molecule has 0 bridgehead atoms. The van der Waals surface area contributed by atoms with E-state index in [-0.39, 0.29) is 6.61 Å². The monoisotopic (exact) mass is 255 g/mol. The standard InChI is InChI=1S/C10H13N3O3S/c1-7-8(17-6-11-7)3-4-13-10(14)16-9(12-13)5-15-2/h6H,3-5H2,1-2H3. The van der Waals surface area contributed by atoms with Gasteiger partial charge in [-0.05, 0) is 6.92 Å². The summed E-state index contributed by atoms with van der Waals surface area (Å²) >= 11 is 1.58. The third-order valence-corrected chi connectivity index (χ3v) is 3.31. The second-order valence-corrected chi connectivity index (χ2v) is 4.47. The van der Waals surface area contributed by atoms with Gasteiger partial charge in [0.25, 0.3) is 0 Å². The van der Waals surface area contributed by atoms with Gasteiger partial charge in [-0.15, -0.1) is 16.4 Å². The van der Waals surface area contributed by atoms with Gasteiger partial charge < -0.3 is 9.15 Å². The van der Waals surface area contributed by atoms with Crippen LogP contribution in [-0.4, -0.2) is 21.9 Å². The number of hydrogen-bond acceptors (Lipinski definition) is 6. The molecule has 0 atom stereocenters. The number of thiazole rings is 1. The maximum atomic E-state index is 11.4. The van der Waals surface area contributed by atoms with Crippen LogP contribution in [0.5, 0.6) is 0 Å². The summed E-state index contributed by atoms with van der Waals surface area (Å²) in [6.07, 6.45) is 0.732. The minimum absolute atomic E-state index is 0.210. The number of methoxy groups -OCH3 is 1. The van der Waals surface area contributed by atoms with E-state index in [1.807, 2.05) is 6.92 Å². The van der Waals surface area contributed by atoms with Crippen LogP contribution in [0.3, 0.4) is 0 Å². The summed E-state index contributed by atoms with van der Waals surface area (Å²) < 4.78 is 11.1. The Balaban J connectivity index is 2.04. The zero-order chi connectivity index (χ0) is 12.3. The van der Waals surface area contributed by atoms with Crippen molar-refractivity contribution in [1.29, 1.82) is 0 Å². The van der Waals surface area contributed by atoms with Gasteiger partial charge in [0.1, 0.15) is 6.61 Å². The maximum absolute atomic E-state index is 11.4. The fraction of sp³-hybridized carbons (Fsp3) is 0.500. The van der Waals surface area contributed by atoms with Crippen LogP contribution in [0.15, 0.2) is 14.7 Å². The van der Waals surface area contributed by atoms with Crippen molar-refractivity contribution in [3.8, 4) is 0 Å². The second kappa shape index (κ2) is 5.24. The molecule has 0 N–H and O–H groups in total. The highest BCUT2D eigenvalue weighted by Gasteiger charge is 2.09. The van der Waals surface area contributed by atoms with Crippen molar-refractivity contribution in [2.45, 2.75) is 26.5 Å². The normalized spacial score (nSPS) is 10.9. The lowest BCUT2D eigenvalue weighted by atomic mass is 10.3. The van der Waals surface area contributed by atoms with Crippen molar-refractivity contribution >= 4 is 11.3 Å². The smallest absolute Gasteiger partial charge is 0.390 e. The third kappa shape index (κ3) is 2.80. The predicted octanol–water partition coefficient (Wildman–Crippen LogP) is 0.990. The molecule has 0 saturated heterocycles. The minimum atomic E-state index is -0.445. The molecule has 92 valence electrons. The Morgan fingerprint density at radius 3 is 3.06 bits per heavy atom. The summed E-state index contributed by atoms with van der Waals surface area (Å²) in [6.45, 7) is 2.66. The number of nitrogens with zero attached hydrogens (tertiary/aromatic N) is 3. The van der Waals surface area contributed by atoms with Crippen LogP contribution in [0.1, 0.15) is 16.5 Å². The van der Waals surface area contributed by atoms with Crippen LogP contribution >= 0.6 is 11.3 Å². The highest BCUT2D eigenvalue weighted by molar-refractivity contribution is 7.09. The number of ether oxygens (including phenoxy) is 1. The summed E-state index contributed by atoms with van der Waals surface area (Å²) in [6, 6.07) is 0. The van der Waals surface area contributed by atoms with E-state index in [1.54, 1.807) is 16.8 Å². The second-order valence-electron chi connectivity index (χ2n) is 3.53. The summed E-state index contributed by atoms with van der Waals surface area (Å²) in [7, 11) is 1.53. The molecular weight excluding hydrogens is 242 g/mol. The SMILES string of the molecule is COCc1nn(CCc2scnc2C)c(=O)o1. The number of aromatic nitrogens is 3. The molecule has 0 amide bonds. The molecule has 6 nitrogen and oxygen atoms in total. The topological polar surface area (TPSA) is 70.2 Å². The van der Waals surface area contributed by atoms with E-state index in [9.17, 15) is 4.79 Å². The molecule has 17 heavy (non-hydrogen) atoms. The van der Waals surface area contributed by atoms with Gasteiger partial charge in [0.15, 0.2) is 0 Å². The first kappa shape index (κ1) is 12.0. The van der Waals surface area contributed by atoms with Crippen molar-refractivity contribution in [3.05, 3.63) is 32.5 Å². The number of hydrogen-bond donors (Lipinski definition) is 0. The van der Waals surface area contributed by atoms with Crippen LogP contribution in [0, 0.1) is 6.92 Å². The largest absolute Gasteiger partial charge is 0.437 e. The molecule has 0 aliphatic carbocycles. The first-order valence-corrected chi connectivity index (χ1v) is 6.03. The van der Waals surface area contributed by atoms with E-state index in [0.717, 1.165) is 17.0 Å². The highest BCUT2D eigenvalue weighted by atomic mass is 32.1. The molecule has 0 aromatic carbocycles. The van der Waals surface area contributed by atoms with E-state index < -0.39 is 5.76 Å². The first-order valence-electron chi connectivity index (χ1n) is 5.15. The molecular formula is C10H13N3O3S. The quantitative estimate of drug-likeness (QED) is 0.796. The number of aryl methyl sites for hydroxylation is 3. The zero-order valence-electron chi connectivity index (χ0n) is 9.67. The van der Waals surface area contributed by atoms with Gasteiger partial charge in [0.2, 0.25) is 5.89 Å². The molecule has 0 aliphatic heterocycles. The van der Waals surface area contributed by atoms with Gasteiger partial charge in [-0.25, -0.2) is 9.78 Å². The molecule has 0 spiro atoms. The Bertz CT molecular complexity index is 543. The van der Waals surface area contributed by atoms with Gasteiger partial charge in [-0.1, -0.05) is 0 Å². The fourth-order valence-electron chi connectivity index (χ4n) is 1.45. The van der Waals surface area contributed by atoms with Crippen LogP contribution in [0.4, 0.5) is 0 Å². The van der Waals surface area contributed by atoms with E-state index in [1.165, 1.54) is 11.8 Å². The van der Waals surface area contributed by atoms with E-state index in [4.69, 9.17) is 9.15 Å². The van der Waals surface area contributed by atoms with Crippen molar-refractivity contribution in [2.75, 3.05) is 7.11 Å². The van der Waals surface area contributed by atoms with Crippen molar-refractivity contribution < 1.29 is 9.15 Å². The average Bonchev–Trinajstić information content (AvgIpc) is 2.83. The molecule has 2 aromatic heterocycles. The molecule has 7 heteroatoms. The number of rotatable bonds is 5. The molecule has 2 heterocycles. The van der Waals surface area contributed by atoms with Crippen LogP contribution in [0.25, 0.3) is 0 Å². The van der Waals surface area contributed by atoms with Gasteiger partial charge in [-0.3, -0.25) is 0 Å². The summed E-state index contributed by atoms with van der Waals surface area (Å²) in [5, 5.41) is 4.03. The Kier molecular flexibility index (Phi) is 3.70. The van der Waals surface area contributed by atoms with Gasteiger partial charge >= 0.3 is 5.76 Å². The molecule has 0 fully saturated rings. The van der Waals surface area contributed by atoms with Crippen LogP contribution in [-0.2, 0) is 24.3 Å². The molecule has 0 saturated carbocycles. The van der Waals surface area contributed by atoms with E-state index >= 15 is 0 Å². The molecule has 0 aliphatic rings. The zero-order valence-corrected chi connectivity index (χ0v) is 10.5. The van der Waals surface area contributed by atoms with Crippen molar-refractivity contribution in [1.82, 2.24) is 14.8 Å². The minimum Gasteiger partial charge on any atom is -0.390 e. The van der Waals surface area contributed by atoms with E-state index in [2.05, 4.69) is 10.1 Å². The fourth-order valence-corrected chi connectivity index (χ4v) is 2.22. The Hall–Kier alpha value is -1.47. The molecule has 0 unspecified atom stereocenters. The van der Waals surface area contributed by atoms with Gasteiger partial charge in [-0.2, -0.15) is 4.68 Å². The molecule has 2 aromatic rings. The van der Waals surface area contributed by atoms with Gasteiger partial charge in [0, 0.05) is 18.4 Å². The average molecular weight is 255 g/mol. The summed E-state index contributed by atoms with van der Waals surface area (Å²) in [5.41, 5.74) is 2.80. The third-order valence-electron chi connectivity index (χ3n) is 2.31. The van der Waals surface area contributed by atoms with E-state index in [0.29, 0.717) is 12.4 Å². The van der Waals surface area contributed by atoms with Crippen molar-refractivity contribution in [3.63, 3.8) is 0 Å². The summed E-state index contributed by atoms with van der Waals surface area (Å²) in [5.74, 6) is -0.141. The highest BCUT2D eigenvalue weighted by Crippen LogP contribution is 2.12. The summed E-state index contributed by atoms with van der Waals surface area (Å²) in [4.78, 5) is 16.7. The van der Waals surface area contributed by atoms with Crippen molar-refractivity contribution in [2.24, 2.45) is 0 Å². The molecule has 0 radical (unpaired) electrons. The predicted molar refractivity (Wildman–Crippen MR) is 62.0 cm³/mol. The first-order chi connectivity index (χ1) is 8.20. The Morgan fingerprint density at radius 2 is 2.41 bits per heavy atom. The lowest BCUT2D eigenvalue weighted by molar-refractivity contribution is 0.158. The van der Waals surface area contributed by atoms with Crippen LogP contribution < -0.4 is 5.76 Å². The van der Waals surface area contributed by atoms with Gasteiger partial charge in [0.05, 0.1) is 17.7 Å². The lowest BCUT2D eigenvalue weighted by Gasteiger charge is -1.97.